The van der Waals surface area contributed by atoms with Crippen molar-refractivity contribution in [1.82, 2.24) is 5.32 Å². The maximum atomic E-state index is 13.5. The zero-order valence-electron chi connectivity index (χ0n) is 47.6. The number of carbonyl (C=O) groups excluding carboxylic acids is 2. The van der Waals surface area contributed by atoms with Gasteiger partial charge in [0.05, 0.1) is 33.8 Å². The largest absolute Gasteiger partial charge is 0.756 e. The number of unbranched alkanes of at least 4 members (excludes halogenated alkanes) is 27. The fourth-order valence-corrected chi connectivity index (χ4v) is 9.04. The molecule has 0 bridgehead atoms. The van der Waals surface area contributed by atoms with Gasteiger partial charge in [-0.25, -0.2) is 0 Å². The third-order valence-electron chi connectivity index (χ3n) is 12.9. The van der Waals surface area contributed by atoms with E-state index in [2.05, 4.69) is 86.8 Å². The molecule has 3 atom stereocenters. The molecule has 418 valence electrons. The molecule has 0 saturated heterocycles. The lowest BCUT2D eigenvalue weighted by molar-refractivity contribution is -0.870. The van der Waals surface area contributed by atoms with Crippen LogP contribution in [0.15, 0.2) is 72.9 Å². The first-order valence-corrected chi connectivity index (χ1v) is 31.2. The Balaban J connectivity index is 5.39. The lowest BCUT2D eigenvalue weighted by atomic mass is 10.0. The fourth-order valence-electron chi connectivity index (χ4n) is 8.31. The first-order valence-electron chi connectivity index (χ1n) is 29.7. The fraction of sp³-hybridized carbons (Fsp3) is 0.774. The summed E-state index contributed by atoms with van der Waals surface area (Å²) in [4.78, 5) is 39.9. The van der Waals surface area contributed by atoms with Gasteiger partial charge in [-0.15, -0.1) is 0 Å². The van der Waals surface area contributed by atoms with Gasteiger partial charge in [-0.05, 0) is 76.7 Å². The number of quaternary nitrogens is 1. The van der Waals surface area contributed by atoms with Crippen LogP contribution in [0.25, 0.3) is 0 Å². The van der Waals surface area contributed by atoms with E-state index in [4.69, 9.17) is 13.8 Å². The highest BCUT2D eigenvalue weighted by Gasteiger charge is 2.27. The number of nitrogens with zero attached hydrogens (tertiary/aromatic N) is 1. The Morgan fingerprint density at radius 1 is 0.500 bits per heavy atom. The van der Waals surface area contributed by atoms with Crippen LogP contribution in [0, 0.1) is 0 Å². The molecule has 0 aromatic rings. The SMILES string of the molecule is CC/C=C\C/C=C\C/C=C\C/C=C\C/C=C\CCCCCC(=O)OC(/C=C/CCCCCCCCCCCCC)C(COP(=O)([O-])OCC[N+](C)(C)C)NC(=O)CCCCCCCCCCCCCCCC. The Hall–Kier alpha value is -2.55. The summed E-state index contributed by atoms with van der Waals surface area (Å²) < 4.78 is 30.2. The van der Waals surface area contributed by atoms with E-state index >= 15 is 0 Å². The summed E-state index contributed by atoms with van der Waals surface area (Å²) >= 11 is 0. The zero-order chi connectivity index (χ0) is 52.9. The van der Waals surface area contributed by atoms with Gasteiger partial charge in [0.2, 0.25) is 5.91 Å². The molecule has 3 unspecified atom stereocenters. The molecule has 72 heavy (non-hydrogen) atoms. The van der Waals surface area contributed by atoms with E-state index in [0.29, 0.717) is 23.9 Å². The molecule has 0 fully saturated rings. The normalized spacial score (nSPS) is 14.3. The minimum atomic E-state index is -4.70. The minimum absolute atomic E-state index is 0.0290. The first kappa shape index (κ1) is 69.5. The van der Waals surface area contributed by atoms with Crippen molar-refractivity contribution in [2.75, 3.05) is 40.9 Å². The van der Waals surface area contributed by atoms with Gasteiger partial charge in [0, 0.05) is 12.8 Å². The maximum Gasteiger partial charge on any atom is 0.306 e. The van der Waals surface area contributed by atoms with Gasteiger partial charge in [0.15, 0.2) is 0 Å². The smallest absolute Gasteiger partial charge is 0.306 e. The van der Waals surface area contributed by atoms with Crippen molar-refractivity contribution in [3.05, 3.63) is 72.9 Å². The number of amides is 1. The second-order valence-electron chi connectivity index (χ2n) is 21.1. The molecule has 0 aromatic carbocycles. The Morgan fingerprint density at radius 3 is 1.35 bits per heavy atom. The van der Waals surface area contributed by atoms with Crippen LogP contribution in [0.5, 0.6) is 0 Å². The monoisotopic (exact) mass is 1030 g/mol. The minimum Gasteiger partial charge on any atom is -0.756 e. The predicted molar refractivity (Wildman–Crippen MR) is 307 cm³/mol. The van der Waals surface area contributed by atoms with Crippen LogP contribution in [0.1, 0.15) is 258 Å². The second-order valence-corrected chi connectivity index (χ2v) is 22.5. The molecule has 0 rings (SSSR count). The van der Waals surface area contributed by atoms with Crippen molar-refractivity contribution in [1.29, 1.82) is 0 Å². The molecule has 0 heterocycles. The highest BCUT2D eigenvalue weighted by Crippen LogP contribution is 2.38. The number of nitrogens with one attached hydrogen (secondary N) is 1. The van der Waals surface area contributed by atoms with Crippen molar-refractivity contribution in [2.24, 2.45) is 0 Å². The number of likely N-dealkylation sites (N-methyl/N-ethyl adjacent to an activating group) is 1. The van der Waals surface area contributed by atoms with Crippen LogP contribution in [0.4, 0.5) is 0 Å². The Labute approximate surface area is 444 Å². The van der Waals surface area contributed by atoms with E-state index in [9.17, 15) is 19.0 Å². The van der Waals surface area contributed by atoms with Crippen LogP contribution >= 0.6 is 7.82 Å². The van der Waals surface area contributed by atoms with Crippen LogP contribution in [0.3, 0.4) is 0 Å². The summed E-state index contributed by atoms with van der Waals surface area (Å²) in [5, 5.41) is 3.02. The van der Waals surface area contributed by atoms with E-state index in [1.807, 2.05) is 33.3 Å². The molecule has 0 saturated carbocycles. The second kappa shape index (κ2) is 51.9. The predicted octanol–water partition coefficient (Wildman–Crippen LogP) is 17.4. The molecule has 1 N–H and O–H groups in total. The molecule has 0 radical (unpaired) electrons. The highest BCUT2D eigenvalue weighted by molar-refractivity contribution is 7.45. The third kappa shape index (κ3) is 52.3. The van der Waals surface area contributed by atoms with Crippen molar-refractivity contribution >= 4 is 19.7 Å². The van der Waals surface area contributed by atoms with Gasteiger partial charge >= 0.3 is 5.97 Å². The van der Waals surface area contributed by atoms with Gasteiger partial charge < -0.3 is 28.5 Å². The molecule has 0 aliphatic heterocycles. The quantitative estimate of drug-likeness (QED) is 0.0212. The topological polar surface area (TPSA) is 114 Å². The lowest BCUT2D eigenvalue weighted by Crippen LogP contribution is -2.47. The Morgan fingerprint density at radius 2 is 0.889 bits per heavy atom. The Kier molecular flexibility index (Phi) is 50.1. The number of hydrogen-bond acceptors (Lipinski definition) is 7. The summed E-state index contributed by atoms with van der Waals surface area (Å²) in [6, 6.07) is -0.902. The standard InChI is InChI=1S/C62H113N2O7P/c1-7-10-13-16-19-22-25-28-30-31-32-33-34-37-40-43-46-49-52-55-62(66)71-60(53-50-47-44-41-38-35-27-24-21-18-15-12-9-3)59(58-70-72(67,68)69-57-56-64(4,5)6)63-61(65)54-51-48-45-42-39-36-29-26-23-20-17-14-11-8-2/h10,13,19,22,28,30,32-33,37,40,50,53,59-60H,7-9,11-12,14-18,20-21,23-27,29,31,34-36,38-39,41-49,51-52,54-58H2,1-6H3,(H-,63,65,67,68)/b13-10-,22-19-,30-28-,33-32-,40-37-,53-50+. The lowest BCUT2D eigenvalue weighted by Gasteiger charge is -2.30. The summed E-state index contributed by atoms with van der Waals surface area (Å²) in [5.74, 6) is -0.575. The molecule has 0 aliphatic rings. The zero-order valence-corrected chi connectivity index (χ0v) is 48.5. The van der Waals surface area contributed by atoms with E-state index in [1.54, 1.807) is 0 Å². The molecule has 9 nitrogen and oxygen atoms in total. The average Bonchev–Trinajstić information content (AvgIpc) is 3.34. The molecule has 0 aromatic heterocycles. The molecular formula is C62H113N2O7P. The number of phosphoric ester groups is 1. The molecular weight excluding hydrogens is 916 g/mol. The van der Waals surface area contributed by atoms with Gasteiger partial charge in [0.25, 0.3) is 7.82 Å². The first-order chi connectivity index (χ1) is 34.9. The number of rotatable bonds is 53. The number of esters is 1. The van der Waals surface area contributed by atoms with E-state index in [0.717, 1.165) is 89.9 Å². The van der Waals surface area contributed by atoms with Crippen molar-refractivity contribution in [3.8, 4) is 0 Å². The summed E-state index contributed by atoms with van der Waals surface area (Å²) in [7, 11) is 1.16. The van der Waals surface area contributed by atoms with E-state index in [-0.39, 0.29) is 24.9 Å². The van der Waals surface area contributed by atoms with Gasteiger partial charge in [0.1, 0.15) is 19.3 Å². The van der Waals surface area contributed by atoms with E-state index < -0.39 is 26.6 Å². The molecule has 0 aliphatic carbocycles. The van der Waals surface area contributed by atoms with Crippen LogP contribution in [-0.2, 0) is 27.9 Å². The van der Waals surface area contributed by atoms with Crippen molar-refractivity contribution in [3.63, 3.8) is 0 Å². The number of hydrogen-bond donors (Lipinski definition) is 1. The van der Waals surface area contributed by atoms with Crippen molar-refractivity contribution in [2.45, 2.75) is 270 Å². The number of carbonyl (C=O) groups is 2. The maximum absolute atomic E-state index is 13.5. The van der Waals surface area contributed by atoms with Gasteiger partial charge in [-0.1, -0.05) is 242 Å². The number of ether oxygens (including phenoxy) is 1. The molecule has 0 spiro atoms. The van der Waals surface area contributed by atoms with Crippen LogP contribution in [-0.4, -0.2) is 69.4 Å². The molecule has 1 amide bonds. The van der Waals surface area contributed by atoms with E-state index in [1.165, 1.54) is 128 Å². The Bertz CT molecular complexity index is 1460. The highest BCUT2D eigenvalue weighted by atomic mass is 31.2. The molecule has 10 heteroatoms. The summed E-state index contributed by atoms with van der Waals surface area (Å²) in [6.07, 6.45) is 65.7. The van der Waals surface area contributed by atoms with Gasteiger partial charge in [-0.2, -0.15) is 0 Å². The van der Waals surface area contributed by atoms with Crippen LogP contribution in [0.2, 0.25) is 0 Å². The summed E-state index contributed by atoms with van der Waals surface area (Å²) in [6.45, 7) is 6.71. The van der Waals surface area contributed by atoms with Crippen molar-refractivity contribution < 1.29 is 37.3 Å². The number of phosphoric acid groups is 1. The van der Waals surface area contributed by atoms with Crippen LogP contribution < -0.4 is 10.2 Å². The van der Waals surface area contributed by atoms with Gasteiger partial charge in [-0.3, -0.25) is 14.2 Å². The third-order valence-corrected chi connectivity index (χ3v) is 13.9. The average molecular weight is 1030 g/mol. The number of allylic oxidation sites excluding steroid dienone is 11. The summed E-state index contributed by atoms with van der Waals surface area (Å²) in [5.41, 5.74) is 0.